The first-order valence-electron chi connectivity index (χ1n) is 7.44. The Morgan fingerprint density at radius 1 is 1.12 bits per heavy atom. The van der Waals surface area contributed by atoms with E-state index in [1.807, 2.05) is 36.4 Å². The number of hydrogen-bond acceptors (Lipinski definition) is 5. The van der Waals surface area contributed by atoms with Crippen molar-refractivity contribution in [1.29, 1.82) is 0 Å². The van der Waals surface area contributed by atoms with Gasteiger partial charge in [-0.25, -0.2) is 4.79 Å². The van der Waals surface area contributed by atoms with Gasteiger partial charge < -0.3 is 15.4 Å². The van der Waals surface area contributed by atoms with Crippen LogP contribution < -0.4 is 10.6 Å². The van der Waals surface area contributed by atoms with Gasteiger partial charge in [-0.2, -0.15) is 12.6 Å². The molecule has 2 N–H and O–H groups in total. The van der Waals surface area contributed by atoms with E-state index in [4.69, 9.17) is 4.74 Å². The Balaban J connectivity index is 1.77. The molecule has 0 aliphatic heterocycles. The van der Waals surface area contributed by atoms with Crippen molar-refractivity contribution in [3.8, 4) is 0 Å². The maximum Gasteiger partial charge on any atom is 0.408 e. The van der Waals surface area contributed by atoms with Crippen molar-refractivity contribution in [2.75, 3.05) is 5.75 Å². The molecule has 126 valence electrons. The first kappa shape index (κ1) is 17.8. The van der Waals surface area contributed by atoms with E-state index in [-0.39, 0.29) is 24.8 Å². The van der Waals surface area contributed by atoms with Gasteiger partial charge in [0.1, 0.15) is 12.6 Å². The predicted octanol–water partition coefficient (Wildman–Crippen LogP) is 1.92. The van der Waals surface area contributed by atoms with Gasteiger partial charge in [0.2, 0.25) is 5.91 Å². The van der Waals surface area contributed by atoms with Crippen LogP contribution in [0.4, 0.5) is 4.79 Å². The number of nitrogens with one attached hydrogen (secondary N) is 2. The molecule has 1 atom stereocenters. The third kappa shape index (κ3) is 5.92. The maximum absolute atomic E-state index is 12.1. The van der Waals surface area contributed by atoms with Crippen LogP contribution in [0.5, 0.6) is 0 Å². The summed E-state index contributed by atoms with van der Waals surface area (Å²) in [5.41, 5.74) is 1.60. The largest absolute Gasteiger partial charge is 0.445 e. The van der Waals surface area contributed by atoms with Crippen LogP contribution in [0, 0.1) is 0 Å². The fourth-order valence-corrected chi connectivity index (χ4v) is 2.16. The smallest absolute Gasteiger partial charge is 0.408 e. The van der Waals surface area contributed by atoms with Gasteiger partial charge >= 0.3 is 6.09 Å². The Labute approximate surface area is 146 Å². The molecule has 24 heavy (non-hydrogen) atoms. The van der Waals surface area contributed by atoms with E-state index in [9.17, 15) is 9.59 Å². The zero-order valence-corrected chi connectivity index (χ0v) is 13.9. The van der Waals surface area contributed by atoms with E-state index in [2.05, 4.69) is 28.2 Å². The SMILES string of the molecule is O=C(N[C@@H](CS)C(=O)NCc1ccccn1)OCc1ccccc1. The third-order valence-electron chi connectivity index (χ3n) is 3.17. The molecule has 1 aromatic carbocycles. The molecule has 0 radical (unpaired) electrons. The molecule has 2 rings (SSSR count). The molecule has 0 saturated heterocycles. The van der Waals surface area contributed by atoms with E-state index in [0.29, 0.717) is 0 Å². The molecule has 2 amide bonds. The van der Waals surface area contributed by atoms with Crippen molar-refractivity contribution in [3.63, 3.8) is 0 Å². The lowest BCUT2D eigenvalue weighted by atomic mass is 10.2. The maximum atomic E-state index is 12.1. The minimum absolute atomic E-state index is 0.140. The zero-order chi connectivity index (χ0) is 17.2. The number of pyridine rings is 1. The summed E-state index contributed by atoms with van der Waals surface area (Å²) >= 11 is 4.10. The van der Waals surface area contributed by atoms with Crippen LogP contribution in [0.15, 0.2) is 54.7 Å². The molecule has 0 aliphatic carbocycles. The minimum Gasteiger partial charge on any atom is -0.445 e. The highest BCUT2D eigenvalue weighted by molar-refractivity contribution is 7.80. The number of hydrogen-bond donors (Lipinski definition) is 3. The standard InChI is InChI=1S/C17H19N3O3S/c21-16(19-10-14-8-4-5-9-18-14)15(12-24)20-17(22)23-11-13-6-2-1-3-7-13/h1-9,15,24H,10-12H2,(H,19,21)(H,20,22)/t15-/m0/s1. The number of carbonyl (C=O) groups excluding carboxylic acids is 2. The third-order valence-corrected chi connectivity index (χ3v) is 3.54. The van der Waals surface area contributed by atoms with E-state index >= 15 is 0 Å². The minimum atomic E-state index is -0.777. The first-order chi connectivity index (χ1) is 11.7. The molecule has 0 bridgehead atoms. The average molecular weight is 345 g/mol. The summed E-state index contributed by atoms with van der Waals surface area (Å²) in [6, 6.07) is 14.0. The zero-order valence-electron chi connectivity index (χ0n) is 13.0. The number of carbonyl (C=O) groups is 2. The molecule has 2 aromatic rings. The second kappa shape index (κ2) is 9.57. The second-order valence-corrected chi connectivity index (χ2v) is 5.35. The molecule has 1 heterocycles. The molecule has 7 heteroatoms. The van der Waals surface area contributed by atoms with Crippen molar-refractivity contribution in [2.24, 2.45) is 0 Å². The molecule has 6 nitrogen and oxygen atoms in total. The van der Waals surface area contributed by atoms with Crippen molar-refractivity contribution in [2.45, 2.75) is 19.2 Å². The van der Waals surface area contributed by atoms with Crippen LogP contribution in [0.2, 0.25) is 0 Å². The number of thiol groups is 1. The van der Waals surface area contributed by atoms with Crippen molar-refractivity contribution < 1.29 is 14.3 Å². The van der Waals surface area contributed by atoms with Gasteiger partial charge in [0, 0.05) is 11.9 Å². The lowest BCUT2D eigenvalue weighted by Gasteiger charge is -2.16. The van der Waals surface area contributed by atoms with Crippen molar-refractivity contribution in [1.82, 2.24) is 15.6 Å². The van der Waals surface area contributed by atoms with Crippen LogP contribution in [0.25, 0.3) is 0 Å². The fraction of sp³-hybridized carbons (Fsp3) is 0.235. The number of amides is 2. The summed E-state index contributed by atoms with van der Waals surface area (Å²) in [6.07, 6.45) is 0.988. The topological polar surface area (TPSA) is 80.3 Å². The Kier molecular flexibility index (Phi) is 7.10. The summed E-state index contributed by atoms with van der Waals surface area (Å²) in [7, 11) is 0. The van der Waals surface area contributed by atoms with Gasteiger partial charge in [0.25, 0.3) is 0 Å². The van der Waals surface area contributed by atoms with Crippen LogP contribution in [0.1, 0.15) is 11.3 Å². The fourth-order valence-electron chi connectivity index (χ4n) is 1.90. The van der Waals surface area contributed by atoms with Crippen molar-refractivity contribution >= 4 is 24.6 Å². The van der Waals surface area contributed by atoms with Crippen LogP contribution in [-0.4, -0.2) is 28.8 Å². The number of rotatable bonds is 7. The number of nitrogens with zero attached hydrogens (tertiary/aromatic N) is 1. The van der Waals surface area contributed by atoms with E-state index in [1.54, 1.807) is 18.3 Å². The molecule has 0 spiro atoms. The molecule has 0 saturated carbocycles. The highest BCUT2D eigenvalue weighted by Crippen LogP contribution is 2.01. The van der Waals surface area contributed by atoms with Crippen LogP contribution in [-0.2, 0) is 22.7 Å². The molecule has 0 unspecified atom stereocenters. The van der Waals surface area contributed by atoms with E-state index in [1.165, 1.54) is 0 Å². The Morgan fingerprint density at radius 2 is 1.88 bits per heavy atom. The Morgan fingerprint density at radius 3 is 2.54 bits per heavy atom. The van der Waals surface area contributed by atoms with Gasteiger partial charge in [-0.05, 0) is 17.7 Å². The highest BCUT2D eigenvalue weighted by Gasteiger charge is 2.19. The Hall–Kier alpha value is -2.54. The first-order valence-corrected chi connectivity index (χ1v) is 8.08. The molecule has 1 aromatic heterocycles. The summed E-state index contributed by atoms with van der Waals surface area (Å²) in [4.78, 5) is 28.0. The number of aromatic nitrogens is 1. The second-order valence-electron chi connectivity index (χ2n) is 4.98. The van der Waals surface area contributed by atoms with Crippen molar-refractivity contribution in [3.05, 3.63) is 66.0 Å². The van der Waals surface area contributed by atoms with Crippen LogP contribution >= 0.6 is 12.6 Å². The average Bonchev–Trinajstić information content (AvgIpc) is 2.64. The number of benzene rings is 1. The normalized spacial score (nSPS) is 11.4. The summed E-state index contributed by atoms with van der Waals surface area (Å²) in [5.74, 6) is -0.179. The predicted molar refractivity (Wildman–Crippen MR) is 93.5 cm³/mol. The lowest BCUT2D eigenvalue weighted by molar-refractivity contribution is -0.122. The lowest BCUT2D eigenvalue weighted by Crippen LogP contribution is -2.47. The molecular weight excluding hydrogens is 326 g/mol. The van der Waals surface area contributed by atoms with E-state index < -0.39 is 12.1 Å². The Bertz CT molecular complexity index is 653. The monoisotopic (exact) mass is 345 g/mol. The quantitative estimate of drug-likeness (QED) is 0.670. The van der Waals surface area contributed by atoms with Crippen LogP contribution in [0.3, 0.4) is 0 Å². The highest BCUT2D eigenvalue weighted by atomic mass is 32.1. The summed E-state index contributed by atoms with van der Waals surface area (Å²) in [6.45, 7) is 0.423. The molecular formula is C17H19N3O3S. The summed E-state index contributed by atoms with van der Waals surface area (Å²) < 4.78 is 5.10. The number of alkyl carbamates (subject to hydrolysis) is 1. The van der Waals surface area contributed by atoms with Gasteiger partial charge in [0.15, 0.2) is 0 Å². The molecule has 0 fully saturated rings. The van der Waals surface area contributed by atoms with E-state index in [0.717, 1.165) is 11.3 Å². The number of ether oxygens (including phenoxy) is 1. The van der Waals surface area contributed by atoms with Gasteiger partial charge in [-0.3, -0.25) is 9.78 Å². The van der Waals surface area contributed by atoms with Gasteiger partial charge in [-0.1, -0.05) is 36.4 Å². The van der Waals surface area contributed by atoms with Gasteiger partial charge in [0.05, 0.1) is 12.2 Å². The van der Waals surface area contributed by atoms with Gasteiger partial charge in [-0.15, -0.1) is 0 Å². The molecule has 0 aliphatic rings. The summed E-state index contributed by atoms with van der Waals surface area (Å²) in [5, 5.41) is 5.21.